The van der Waals surface area contributed by atoms with Gasteiger partial charge in [0.1, 0.15) is 0 Å². The third-order valence-corrected chi connectivity index (χ3v) is 2.88. The van der Waals surface area contributed by atoms with E-state index in [1.165, 1.54) is 11.9 Å². The number of carboxylic acids is 3. The van der Waals surface area contributed by atoms with E-state index in [2.05, 4.69) is 4.40 Å². The summed E-state index contributed by atoms with van der Waals surface area (Å²) in [6, 6.07) is 0. The first kappa shape index (κ1) is 18.1. The molecule has 112 valence electrons. The average Bonchev–Trinajstić information content (AvgIpc) is 2.61. The number of rotatable bonds is 5. The minimum Gasteiger partial charge on any atom is -0.481 e. The molecule has 0 spiro atoms. The molecule has 1 aliphatic heterocycles. The van der Waals surface area contributed by atoms with Gasteiger partial charge in [-0.1, -0.05) is 0 Å². The molecule has 1 aliphatic rings. The van der Waals surface area contributed by atoms with Crippen LogP contribution in [0.15, 0.2) is 4.40 Å². The molecule has 0 atom stereocenters. The Bertz CT molecular complexity index is 442. The van der Waals surface area contributed by atoms with Crippen molar-refractivity contribution in [3.05, 3.63) is 0 Å². The van der Waals surface area contributed by atoms with Crippen LogP contribution in [-0.4, -0.2) is 61.2 Å². The summed E-state index contributed by atoms with van der Waals surface area (Å²) in [5.41, 5.74) is -2.08. The average molecular weight is 307 g/mol. The predicted octanol–water partition coefficient (Wildman–Crippen LogP) is -0.570. The maximum atomic E-state index is 10.4. The second-order valence-electron chi connectivity index (χ2n) is 3.85. The Kier molecular flexibility index (Phi) is 6.86. The Balaban J connectivity index is 0.000000428. The van der Waals surface area contributed by atoms with Gasteiger partial charge in [-0.05, 0) is 18.9 Å². The van der Waals surface area contributed by atoms with Gasteiger partial charge >= 0.3 is 17.9 Å². The lowest BCUT2D eigenvalue weighted by molar-refractivity contribution is -0.170. The van der Waals surface area contributed by atoms with Gasteiger partial charge in [0, 0.05) is 0 Å². The summed E-state index contributed by atoms with van der Waals surface area (Å²) in [6.45, 7) is 1.74. The molecule has 0 bridgehead atoms. The summed E-state index contributed by atoms with van der Waals surface area (Å²) in [5, 5.41) is 33.8. The molecule has 0 aromatic carbocycles. The molecule has 0 aliphatic carbocycles. The maximum Gasteiger partial charge on any atom is 0.336 e. The minimum absolute atomic E-state index is 0.171. The lowest BCUT2D eigenvalue weighted by Crippen LogP contribution is -2.42. The smallest absolute Gasteiger partial charge is 0.336 e. The summed E-state index contributed by atoms with van der Waals surface area (Å²) in [4.78, 5) is 40.9. The van der Waals surface area contributed by atoms with Crippen LogP contribution >= 0.6 is 11.9 Å². The van der Waals surface area contributed by atoms with Crippen molar-refractivity contribution in [2.45, 2.75) is 25.4 Å². The van der Waals surface area contributed by atoms with Crippen LogP contribution < -0.4 is 0 Å². The molecule has 9 nitrogen and oxygen atoms in total. The lowest BCUT2D eigenvalue weighted by Gasteiger charge is -2.18. The van der Waals surface area contributed by atoms with E-state index in [0.717, 1.165) is 0 Å². The molecule has 1 rings (SSSR count). The van der Waals surface area contributed by atoms with Crippen molar-refractivity contribution >= 4 is 41.4 Å². The number of hydrogen-bond donors (Lipinski definition) is 4. The zero-order valence-corrected chi connectivity index (χ0v) is 11.2. The highest BCUT2D eigenvalue weighted by Gasteiger charge is 2.40. The first-order chi connectivity index (χ1) is 9.08. The van der Waals surface area contributed by atoms with Gasteiger partial charge < -0.3 is 20.4 Å². The van der Waals surface area contributed by atoms with E-state index < -0.39 is 36.4 Å². The third-order valence-electron chi connectivity index (χ3n) is 2.09. The van der Waals surface area contributed by atoms with Crippen molar-refractivity contribution in [3.63, 3.8) is 0 Å². The molecule has 0 radical (unpaired) electrons. The molecule has 0 aromatic heterocycles. The van der Waals surface area contributed by atoms with Crippen molar-refractivity contribution in [1.29, 1.82) is 0 Å². The van der Waals surface area contributed by atoms with Crippen molar-refractivity contribution < 1.29 is 39.6 Å². The van der Waals surface area contributed by atoms with Gasteiger partial charge in [0.05, 0.1) is 24.3 Å². The standard InChI is InChI=1S/C6H8O7.C4H5NOS/c7-3(8)1-6(13,5(11)12)2-4(9)10;1-3-4(6)2-7-5-3/h13H,1-2H2,(H,7,8)(H,9,10)(H,11,12);2H2,1H3. The van der Waals surface area contributed by atoms with Crippen molar-refractivity contribution in [2.75, 3.05) is 5.75 Å². The number of aliphatic carboxylic acids is 3. The van der Waals surface area contributed by atoms with Crippen molar-refractivity contribution in [2.24, 2.45) is 4.40 Å². The molecule has 1 heterocycles. The van der Waals surface area contributed by atoms with Gasteiger partial charge in [-0.25, -0.2) is 9.19 Å². The quantitative estimate of drug-likeness (QED) is 0.487. The SMILES string of the molecule is CC1=NSCC1=O.O=C(O)CC(O)(CC(=O)O)C(=O)O. The first-order valence-electron chi connectivity index (χ1n) is 5.17. The zero-order valence-electron chi connectivity index (χ0n) is 10.4. The van der Waals surface area contributed by atoms with Crippen LogP contribution in [0.25, 0.3) is 0 Å². The molecule has 0 saturated carbocycles. The molecular weight excluding hydrogens is 294 g/mol. The van der Waals surface area contributed by atoms with Gasteiger partial charge in [0.25, 0.3) is 0 Å². The van der Waals surface area contributed by atoms with E-state index in [1.54, 1.807) is 6.92 Å². The summed E-state index contributed by atoms with van der Waals surface area (Å²) in [6.07, 6.45) is -2.29. The van der Waals surface area contributed by atoms with Crippen LogP contribution in [0.1, 0.15) is 19.8 Å². The van der Waals surface area contributed by atoms with Gasteiger partial charge in [0.2, 0.25) is 0 Å². The molecule has 0 fully saturated rings. The molecule has 0 unspecified atom stereocenters. The highest BCUT2D eigenvalue weighted by atomic mass is 32.2. The Morgan fingerprint density at radius 1 is 1.20 bits per heavy atom. The number of carboxylic acid groups (broad SMARTS) is 3. The fraction of sp³-hybridized carbons (Fsp3) is 0.500. The topological polar surface area (TPSA) is 162 Å². The number of hydrogen-bond acceptors (Lipinski definition) is 7. The number of ketones is 1. The molecule has 0 saturated heterocycles. The largest absolute Gasteiger partial charge is 0.481 e. The second kappa shape index (κ2) is 7.60. The molecule has 20 heavy (non-hydrogen) atoms. The van der Waals surface area contributed by atoms with Crippen molar-refractivity contribution in [3.8, 4) is 0 Å². The third kappa shape index (κ3) is 6.29. The van der Waals surface area contributed by atoms with Gasteiger partial charge in [0.15, 0.2) is 11.4 Å². The monoisotopic (exact) mass is 307 g/mol. The number of aliphatic hydroxyl groups is 1. The van der Waals surface area contributed by atoms with Crippen LogP contribution in [0.2, 0.25) is 0 Å². The highest BCUT2D eigenvalue weighted by Crippen LogP contribution is 2.15. The highest BCUT2D eigenvalue weighted by molar-refractivity contribution is 7.99. The van der Waals surface area contributed by atoms with E-state index in [4.69, 9.17) is 20.4 Å². The zero-order chi connectivity index (χ0) is 15.9. The molecule has 0 aromatic rings. The van der Waals surface area contributed by atoms with Crippen LogP contribution in [0.4, 0.5) is 0 Å². The Labute approximate surface area is 117 Å². The van der Waals surface area contributed by atoms with Gasteiger partial charge in [-0.2, -0.15) is 0 Å². The van der Waals surface area contributed by atoms with Crippen LogP contribution in [-0.2, 0) is 19.2 Å². The predicted molar refractivity (Wildman–Crippen MR) is 67.7 cm³/mol. The van der Waals surface area contributed by atoms with Gasteiger partial charge in [-0.15, -0.1) is 0 Å². The van der Waals surface area contributed by atoms with E-state index in [0.29, 0.717) is 11.5 Å². The number of carbonyl (C=O) groups excluding carboxylic acids is 1. The van der Waals surface area contributed by atoms with Gasteiger partial charge in [-0.3, -0.25) is 14.4 Å². The Morgan fingerprint density at radius 2 is 1.65 bits per heavy atom. The summed E-state index contributed by atoms with van der Waals surface area (Å²) >= 11 is 1.33. The fourth-order valence-electron chi connectivity index (χ4n) is 1.06. The maximum absolute atomic E-state index is 10.4. The van der Waals surface area contributed by atoms with Crippen LogP contribution in [0.3, 0.4) is 0 Å². The van der Waals surface area contributed by atoms with E-state index in [9.17, 15) is 19.2 Å². The Hall–Kier alpha value is -1.94. The first-order valence-corrected chi connectivity index (χ1v) is 6.12. The number of Topliss-reactive ketones (excluding diaryl/α,β-unsaturated/α-hetero) is 1. The van der Waals surface area contributed by atoms with Crippen molar-refractivity contribution in [1.82, 2.24) is 0 Å². The number of nitrogens with zero attached hydrogens (tertiary/aromatic N) is 1. The molecule has 0 amide bonds. The van der Waals surface area contributed by atoms with Crippen LogP contribution in [0, 0.1) is 0 Å². The minimum atomic E-state index is -2.74. The van der Waals surface area contributed by atoms with Crippen LogP contribution in [0.5, 0.6) is 0 Å². The van der Waals surface area contributed by atoms with E-state index in [-0.39, 0.29) is 5.78 Å². The molecular formula is C10H13NO8S. The Morgan fingerprint density at radius 3 is 1.80 bits per heavy atom. The fourth-order valence-corrected chi connectivity index (χ4v) is 1.74. The van der Waals surface area contributed by atoms with E-state index in [1.807, 2.05) is 0 Å². The summed E-state index contributed by atoms with van der Waals surface area (Å²) in [5.74, 6) is -4.30. The molecule has 10 heteroatoms. The summed E-state index contributed by atoms with van der Waals surface area (Å²) in [7, 11) is 0. The molecule has 4 N–H and O–H groups in total. The lowest BCUT2D eigenvalue weighted by atomic mass is 9.96. The number of carbonyl (C=O) groups is 4. The second-order valence-corrected chi connectivity index (χ2v) is 4.58. The van der Waals surface area contributed by atoms with E-state index >= 15 is 0 Å². The normalized spacial score (nSPS) is 14.1. The summed E-state index contributed by atoms with van der Waals surface area (Å²) < 4.78 is 3.80.